The average Bonchev–Trinajstić information content (AvgIpc) is 3.68. The first-order chi connectivity index (χ1) is 24.2. The van der Waals surface area contributed by atoms with Crippen molar-refractivity contribution in [2.24, 2.45) is 0 Å². The number of rotatable bonds is 9. The maximum Gasteiger partial charge on any atom is 0.358 e. The van der Waals surface area contributed by atoms with E-state index in [1.54, 1.807) is 36.1 Å². The number of carbonyl (C=O) groups excluding carboxylic acids is 2. The van der Waals surface area contributed by atoms with Crippen molar-refractivity contribution in [1.29, 1.82) is 0 Å². The number of imidazole rings is 2. The smallest absolute Gasteiger partial charge is 0.358 e. The van der Waals surface area contributed by atoms with Gasteiger partial charge in [-0.25, -0.2) is 19.6 Å². The largest absolute Gasteiger partial charge is 0.476 e. The topological polar surface area (TPSA) is 123 Å². The van der Waals surface area contributed by atoms with Gasteiger partial charge in [0, 0.05) is 24.2 Å². The molecule has 3 aromatic carbocycles. The Morgan fingerprint density at radius 3 is 2.42 bits per heavy atom. The van der Waals surface area contributed by atoms with Gasteiger partial charge in [-0.15, -0.1) is 6.42 Å². The fourth-order valence-corrected chi connectivity index (χ4v) is 7.00. The SMILES string of the molecule is C#Cc1ccc2c(c1)C(c1ccccc1)N(CCCCCOC(=O)c1ncn3c1CN(C)C(=O)c1cc(Cl)ccc1-3)Cc1c(C(=O)O)ncn1-2. The number of unbranched alkanes of at least 4 members (excludes halogenated alkanes) is 2. The zero-order valence-corrected chi connectivity index (χ0v) is 28.0. The van der Waals surface area contributed by atoms with Crippen molar-refractivity contribution in [2.75, 3.05) is 20.2 Å². The maximum absolute atomic E-state index is 13.2. The number of carbonyl (C=O) groups is 3. The fraction of sp³-hybridized carbons (Fsp3) is 0.237. The third-order valence-electron chi connectivity index (χ3n) is 9.22. The van der Waals surface area contributed by atoms with Crippen LogP contribution in [-0.2, 0) is 17.8 Å². The highest BCUT2D eigenvalue weighted by Crippen LogP contribution is 2.39. The van der Waals surface area contributed by atoms with Gasteiger partial charge in [0.15, 0.2) is 11.4 Å². The van der Waals surface area contributed by atoms with E-state index in [9.17, 15) is 19.5 Å². The number of nitrogens with zero attached hydrogens (tertiary/aromatic N) is 6. The van der Waals surface area contributed by atoms with Gasteiger partial charge in [0.1, 0.15) is 12.7 Å². The monoisotopic (exact) mass is 688 g/mol. The maximum atomic E-state index is 13.2. The van der Waals surface area contributed by atoms with Gasteiger partial charge in [0.2, 0.25) is 0 Å². The Hall–Kier alpha value is -5.70. The minimum atomic E-state index is -1.08. The number of fused-ring (bicyclic) bond motifs is 6. The molecular weight excluding hydrogens is 656 g/mol. The van der Waals surface area contributed by atoms with E-state index >= 15 is 0 Å². The van der Waals surface area contributed by atoms with Crippen LogP contribution in [0.2, 0.25) is 5.02 Å². The molecule has 4 heterocycles. The molecule has 2 aliphatic heterocycles. The number of aromatic nitrogens is 4. The highest BCUT2D eigenvalue weighted by atomic mass is 35.5. The van der Waals surface area contributed by atoms with E-state index in [4.69, 9.17) is 22.8 Å². The molecule has 5 aromatic rings. The van der Waals surface area contributed by atoms with Crippen molar-refractivity contribution in [3.8, 4) is 23.7 Å². The van der Waals surface area contributed by atoms with Crippen LogP contribution >= 0.6 is 11.6 Å². The summed E-state index contributed by atoms with van der Waals surface area (Å²) in [6.07, 6.45) is 11.0. The van der Waals surface area contributed by atoms with Gasteiger partial charge >= 0.3 is 11.9 Å². The summed E-state index contributed by atoms with van der Waals surface area (Å²) in [6, 6.07) is 20.7. The Balaban J connectivity index is 1.06. The van der Waals surface area contributed by atoms with Crippen molar-refractivity contribution < 1.29 is 24.2 Å². The normalized spacial score (nSPS) is 15.2. The molecule has 7 rings (SSSR count). The van der Waals surface area contributed by atoms with Crippen LogP contribution in [0.5, 0.6) is 0 Å². The number of benzene rings is 3. The van der Waals surface area contributed by atoms with Crippen LogP contribution in [0.1, 0.15) is 84.7 Å². The van der Waals surface area contributed by atoms with Crippen molar-refractivity contribution >= 4 is 29.4 Å². The lowest BCUT2D eigenvalue weighted by Gasteiger charge is -2.31. The summed E-state index contributed by atoms with van der Waals surface area (Å²) in [4.78, 5) is 50.8. The summed E-state index contributed by atoms with van der Waals surface area (Å²) in [5.41, 5.74) is 5.96. The molecule has 0 fully saturated rings. The van der Waals surface area contributed by atoms with Gasteiger partial charge in [-0.05, 0) is 73.3 Å². The summed E-state index contributed by atoms with van der Waals surface area (Å²) in [7, 11) is 1.67. The molecule has 0 saturated carbocycles. The van der Waals surface area contributed by atoms with Crippen molar-refractivity contribution in [3.63, 3.8) is 0 Å². The lowest BCUT2D eigenvalue weighted by molar-refractivity contribution is 0.0485. The zero-order chi connectivity index (χ0) is 34.9. The molecule has 11 nitrogen and oxygen atoms in total. The standard InChI is InChI=1S/C38H33ClN6O5/c1-3-24-12-14-29-27(18-24)35(25-10-6-4-7-11-25)43(21-32-33(37(47)48)40-22-44(29)32)16-8-5-9-17-50-38(49)34-31-20-42(2)36(46)28-19-26(39)13-15-30(28)45(31)23-41-34/h1,4,6-7,10-15,18-19,22-23,35H,5,8-9,16-17,20-21H2,2H3,(H,47,48). The fourth-order valence-electron chi connectivity index (χ4n) is 6.83. The average molecular weight is 689 g/mol. The third kappa shape index (κ3) is 6.04. The molecule has 0 bridgehead atoms. The molecule has 0 aliphatic carbocycles. The Bertz CT molecular complexity index is 2170. The second kappa shape index (κ2) is 13.7. The predicted octanol–water partition coefficient (Wildman–Crippen LogP) is 5.91. The summed E-state index contributed by atoms with van der Waals surface area (Å²) in [5.74, 6) is 0.907. The number of amides is 1. The molecular formula is C38H33ClN6O5. The van der Waals surface area contributed by atoms with Crippen LogP contribution in [0.15, 0.2) is 79.4 Å². The minimum absolute atomic E-state index is 0.0163. The van der Waals surface area contributed by atoms with E-state index < -0.39 is 11.9 Å². The van der Waals surface area contributed by atoms with Crippen molar-refractivity contribution in [3.05, 3.63) is 129 Å². The third-order valence-corrected chi connectivity index (χ3v) is 9.45. The lowest BCUT2D eigenvalue weighted by atomic mass is 9.94. The molecule has 50 heavy (non-hydrogen) atoms. The Labute approximate surface area is 293 Å². The number of aromatic carboxylic acids is 1. The van der Waals surface area contributed by atoms with E-state index in [2.05, 4.69) is 32.9 Å². The lowest BCUT2D eigenvalue weighted by Crippen LogP contribution is -2.30. The molecule has 1 N–H and O–H groups in total. The molecule has 12 heteroatoms. The van der Waals surface area contributed by atoms with Crippen LogP contribution < -0.4 is 0 Å². The molecule has 2 aliphatic rings. The Morgan fingerprint density at radius 2 is 1.66 bits per heavy atom. The predicted molar refractivity (Wildman–Crippen MR) is 186 cm³/mol. The van der Waals surface area contributed by atoms with Crippen molar-refractivity contribution in [2.45, 2.75) is 38.4 Å². The van der Waals surface area contributed by atoms with Crippen molar-refractivity contribution in [1.82, 2.24) is 28.9 Å². The quantitative estimate of drug-likeness (QED) is 0.115. The minimum Gasteiger partial charge on any atom is -0.476 e. The number of carboxylic acid groups (broad SMARTS) is 1. The summed E-state index contributed by atoms with van der Waals surface area (Å²) in [6.45, 7) is 1.37. The second-order valence-electron chi connectivity index (χ2n) is 12.3. The molecule has 1 atom stereocenters. The highest BCUT2D eigenvalue weighted by Gasteiger charge is 2.33. The van der Waals surface area contributed by atoms with E-state index in [0.717, 1.165) is 35.2 Å². The van der Waals surface area contributed by atoms with Crippen LogP contribution in [0.3, 0.4) is 0 Å². The van der Waals surface area contributed by atoms with Crippen LogP contribution in [0.4, 0.5) is 0 Å². The number of esters is 1. The highest BCUT2D eigenvalue weighted by molar-refractivity contribution is 6.31. The number of hydrogen-bond acceptors (Lipinski definition) is 7. The second-order valence-corrected chi connectivity index (χ2v) is 12.8. The number of ether oxygens (including phenoxy) is 1. The van der Waals surface area contributed by atoms with Gasteiger partial charge in [-0.2, -0.15) is 0 Å². The molecule has 2 aromatic heterocycles. The summed E-state index contributed by atoms with van der Waals surface area (Å²) < 4.78 is 9.26. The molecule has 0 spiro atoms. The van der Waals surface area contributed by atoms with Gasteiger partial charge in [0.05, 0.1) is 47.5 Å². The first kappa shape index (κ1) is 32.8. The van der Waals surface area contributed by atoms with Crippen LogP contribution in [0.25, 0.3) is 11.4 Å². The summed E-state index contributed by atoms with van der Waals surface area (Å²) >= 11 is 6.17. The molecule has 1 unspecified atom stereocenters. The van der Waals surface area contributed by atoms with Gasteiger partial charge < -0.3 is 19.3 Å². The number of terminal acetylenes is 1. The Kier molecular flexibility index (Phi) is 8.97. The molecule has 0 saturated heterocycles. The number of halogens is 1. The summed E-state index contributed by atoms with van der Waals surface area (Å²) in [5, 5.41) is 10.4. The Morgan fingerprint density at radius 1 is 0.940 bits per heavy atom. The van der Waals surface area contributed by atoms with Gasteiger partial charge in [-0.3, -0.25) is 14.3 Å². The van der Waals surface area contributed by atoms with Gasteiger partial charge in [0.25, 0.3) is 5.91 Å². The van der Waals surface area contributed by atoms with E-state index in [1.165, 1.54) is 11.2 Å². The number of hydrogen-bond donors (Lipinski definition) is 1. The first-order valence-corrected chi connectivity index (χ1v) is 16.6. The van der Waals surface area contributed by atoms with Crippen LogP contribution in [-0.4, -0.2) is 72.1 Å². The number of carboxylic acids is 1. The van der Waals surface area contributed by atoms with Crippen LogP contribution in [0, 0.1) is 12.3 Å². The van der Waals surface area contributed by atoms with Gasteiger partial charge in [-0.1, -0.05) is 47.9 Å². The van der Waals surface area contributed by atoms with E-state index in [0.29, 0.717) is 47.2 Å². The van der Waals surface area contributed by atoms with E-state index in [1.807, 2.05) is 41.0 Å². The molecule has 0 radical (unpaired) electrons. The van der Waals surface area contributed by atoms with E-state index in [-0.39, 0.29) is 36.5 Å². The molecule has 252 valence electrons. The first-order valence-electron chi connectivity index (χ1n) is 16.2. The molecule has 1 amide bonds. The zero-order valence-electron chi connectivity index (χ0n) is 27.3.